The SMILES string of the molecule is C=CCCC.CC=CCC.CCCCC. The highest BCUT2D eigenvalue weighted by molar-refractivity contribution is 4.73. The van der Waals surface area contributed by atoms with Crippen molar-refractivity contribution in [2.24, 2.45) is 0 Å². The van der Waals surface area contributed by atoms with E-state index in [0.717, 1.165) is 12.8 Å². The van der Waals surface area contributed by atoms with E-state index in [4.69, 9.17) is 0 Å². The molecular formula is C15H32. The van der Waals surface area contributed by atoms with Crippen LogP contribution in [0.2, 0.25) is 0 Å². The first-order valence-corrected chi connectivity index (χ1v) is 6.46. The first-order valence-electron chi connectivity index (χ1n) is 6.46. The van der Waals surface area contributed by atoms with Gasteiger partial charge in [-0.3, -0.25) is 0 Å². The van der Waals surface area contributed by atoms with E-state index in [9.17, 15) is 0 Å². The van der Waals surface area contributed by atoms with Gasteiger partial charge in [0, 0.05) is 0 Å². The molecule has 0 fully saturated rings. The Labute approximate surface area is 98.5 Å². The Morgan fingerprint density at radius 1 is 0.933 bits per heavy atom. The minimum Gasteiger partial charge on any atom is -0.103 e. The Hall–Kier alpha value is -0.520. The fraction of sp³-hybridized carbons (Fsp3) is 0.733. The quantitative estimate of drug-likeness (QED) is 0.480. The van der Waals surface area contributed by atoms with Crippen molar-refractivity contribution >= 4 is 0 Å². The third-order valence-electron chi connectivity index (χ3n) is 1.67. The summed E-state index contributed by atoms with van der Waals surface area (Å²) >= 11 is 0. The second-order valence-electron chi connectivity index (χ2n) is 3.41. The van der Waals surface area contributed by atoms with Gasteiger partial charge in [-0.2, -0.15) is 0 Å². The Morgan fingerprint density at radius 3 is 1.47 bits per heavy atom. The van der Waals surface area contributed by atoms with Crippen LogP contribution in [-0.4, -0.2) is 0 Å². The molecule has 0 rings (SSSR count). The molecule has 0 aromatic carbocycles. The van der Waals surface area contributed by atoms with E-state index >= 15 is 0 Å². The van der Waals surface area contributed by atoms with Crippen molar-refractivity contribution in [2.75, 3.05) is 0 Å². The van der Waals surface area contributed by atoms with E-state index in [1.54, 1.807) is 0 Å². The Balaban J connectivity index is -0.000000144. The summed E-state index contributed by atoms with van der Waals surface area (Å²) in [6.07, 6.45) is 13.7. The maximum atomic E-state index is 3.55. The highest BCUT2D eigenvalue weighted by Gasteiger charge is 1.68. The molecule has 0 aliphatic heterocycles. The first-order chi connectivity index (χ1) is 7.24. The summed E-state index contributed by atoms with van der Waals surface area (Å²) in [7, 11) is 0. The predicted octanol–water partition coefficient (Wildman–Crippen LogP) is 6.14. The molecule has 0 saturated carbocycles. The zero-order valence-electron chi connectivity index (χ0n) is 11.7. The normalized spacial score (nSPS) is 8.60. The van der Waals surface area contributed by atoms with Gasteiger partial charge in [-0.1, -0.05) is 71.6 Å². The minimum atomic E-state index is 1.15. The largest absolute Gasteiger partial charge is 0.103 e. The maximum Gasteiger partial charge on any atom is -0.0356 e. The van der Waals surface area contributed by atoms with Crippen LogP contribution in [0.4, 0.5) is 0 Å². The number of hydrogen-bond donors (Lipinski definition) is 0. The van der Waals surface area contributed by atoms with Gasteiger partial charge in [0.05, 0.1) is 0 Å². The third-order valence-corrected chi connectivity index (χ3v) is 1.67. The van der Waals surface area contributed by atoms with Crippen LogP contribution in [0.15, 0.2) is 24.8 Å². The minimum absolute atomic E-state index is 1.15. The van der Waals surface area contributed by atoms with Crippen LogP contribution in [-0.2, 0) is 0 Å². The fourth-order valence-electron chi connectivity index (χ4n) is 0.793. The number of allylic oxidation sites excluding steroid dienone is 3. The van der Waals surface area contributed by atoms with Gasteiger partial charge in [0.25, 0.3) is 0 Å². The van der Waals surface area contributed by atoms with Gasteiger partial charge in [0.1, 0.15) is 0 Å². The van der Waals surface area contributed by atoms with E-state index in [0.29, 0.717) is 0 Å². The van der Waals surface area contributed by atoms with Crippen LogP contribution in [0.1, 0.15) is 73.1 Å². The number of unbranched alkanes of at least 4 members (excludes halogenated alkanes) is 3. The van der Waals surface area contributed by atoms with Crippen molar-refractivity contribution in [1.29, 1.82) is 0 Å². The van der Waals surface area contributed by atoms with Crippen molar-refractivity contribution in [2.45, 2.75) is 73.1 Å². The molecule has 0 spiro atoms. The topological polar surface area (TPSA) is 0 Å². The Bertz CT molecular complexity index is 98.6. The van der Waals surface area contributed by atoms with Crippen LogP contribution in [0, 0.1) is 0 Å². The summed E-state index contributed by atoms with van der Waals surface area (Å²) in [6.45, 7) is 14.3. The molecule has 0 heteroatoms. The molecule has 0 aromatic rings. The van der Waals surface area contributed by atoms with Crippen molar-refractivity contribution in [1.82, 2.24) is 0 Å². The fourth-order valence-corrected chi connectivity index (χ4v) is 0.793. The van der Waals surface area contributed by atoms with Gasteiger partial charge < -0.3 is 0 Å². The molecule has 0 nitrogen and oxygen atoms in total. The van der Waals surface area contributed by atoms with E-state index in [1.807, 2.05) is 13.0 Å². The number of rotatable bonds is 5. The highest BCUT2D eigenvalue weighted by Crippen LogP contribution is 1.88. The molecule has 0 unspecified atom stereocenters. The third kappa shape index (κ3) is 59.2. The van der Waals surface area contributed by atoms with Gasteiger partial charge in [-0.05, 0) is 19.8 Å². The average molecular weight is 212 g/mol. The van der Waals surface area contributed by atoms with Crippen molar-refractivity contribution < 1.29 is 0 Å². The molecule has 0 aliphatic rings. The molecule has 0 heterocycles. The second-order valence-corrected chi connectivity index (χ2v) is 3.41. The van der Waals surface area contributed by atoms with Crippen LogP contribution < -0.4 is 0 Å². The van der Waals surface area contributed by atoms with Gasteiger partial charge in [-0.25, -0.2) is 0 Å². The molecule has 0 saturated heterocycles. The first kappa shape index (κ1) is 20.0. The van der Waals surface area contributed by atoms with Crippen LogP contribution in [0.3, 0.4) is 0 Å². The molecule has 15 heavy (non-hydrogen) atoms. The van der Waals surface area contributed by atoms with Crippen molar-refractivity contribution in [3.63, 3.8) is 0 Å². The van der Waals surface area contributed by atoms with Gasteiger partial charge in [0.15, 0.2) is 0 Å². The molecular weight excluding hydrogens is 180 g/mol. The lowest BCUT2D eigenvalue weighted by atomic mass is 10.3. The lowest BCUT2D eigenvalue weighted by Gasteiger charge is -1.79. The molecule has 0 aromatic heterocycles. The van der Waals surface area contributed by atoms with Gasteiger partial charge >= 0.3 is 0 Å². The van der Waals surface area contributed by atoms with Gasteiger partial charge in [0.2, 0.25) is 0 Å². The van der Waals surface area contributed by atoms with E-state index in [-0.39, 0.29) is 0 Å². The Kier molecular flexibility index (Phi) is 38.9. The van der Waals surface area contributed by atoms with Crippen LogP contribution >= 0.6 is 0 Å². The summed E-state index contributed by atoms with van der Waals surface area (Å²) < 4.78 is 0. The molecule has 0 radical (unpaired) electrons. The van der Waals surface area contributed by atoms with Gasteiger partial charge in [-0.15, -0.1) is 6.58 Å². The smallest absolute Gasteiger partial charge is 0.0356 e. The van der Waals surface area contributed by atoms with Crippen molar-refractivity contribution in [3.8, 4) is 0 Å². The van der Waals surface area contributed by atoms with Crippen LogP contribution in [0.5, 0.6) is 0 Å². The molecule has 0 amide bonds. The Morgan fingerprint density at radius 2 is 1.47 bits per heavy atom. The standard InChI is InChI=1S/C5H12.2C5H10/c3*1-3-5-4-2/h3-5H2,1-2H3;3,5H,4H2,1-2H3;3H,1,4-5H2,2H3. The second kappa shape index (κ2) is 29.2. The maximum absolute atomic E-state index is 3.55. The molecule has 0 aliphatic carbocycles. The number of hydrogen-bond acceptors (Lipinski definition) is 0. The van der Waals surface area contributed by atoms with E-state index < -0.39 is 0 Å². The summed E-state index contributed by atoms with van der Waals surface area (Å²) in [6, 6.07) is 0. The zero-order chi connectivity index (χ0) is 12.4. The summed E-state index contributed by atoms with van der Waals surface area (Å²) in [5, 5.41) is 0. The molecule has 0 bridgehead atoms. The van der Waals surface area contributed by atoms with Crippen molar-refractivity contribution in [3.05, 3.63) is 24.8 Å². The summed E-state index contributed by atoms with van der Waals surface area (Å²) in [4.78, 5) is 0. The molecule has 0 N–H and O–H groups in total. The average Bonchev–Trinajstić information content (AvgIpc) is 2.23. The van der Waals surface area contributed by atoms with E-state index in [1.165, 1.54) is 25.7 Å². The van der Waals surface area contributed by atoms with Crippen LogP contribution in [0.25, 0.3) is 0 Å². The monoisotopic (exact) mass is 212 g/mol. The summed E-state index contributed by atoms with van der Waals surface area (Å²) in [5.74, 6) is 0. The lowest BCUT2D eigenvalue weighted by molar-refractivity contribution is 0.772. The zero-order valence-corrected chi connectivity index (χ0v) is 11.7. The molecule has 92 valence electrons. The molecule has 0 atom stereocenters. The summed E-state index contributed by atoms with van der Waals surface area (Å²) in [5.41, 5.74) is 0. The lowest BCUT2D eigenvalue weighted by Crippen LogP contribution is -1.59. The highest BCUT2D eigenvalue weighted by atomic mass is 13.7. The van der Waals surface area contributed by atoms with E-state index in [2.05, 4.69) is 46.4 Å². The predicted molar refractivity (Wildman–Crippen MR) is 75.4 cm³/mol.